The molecule has 1 saturated heterocycles. The third-order valence-electron chi connectivity index (χ3n) is 5.67. The molecule has 0 unspecified atom stereocenters. The highest BCUT2D eigenvalue weighted by molar-refractivity contribution is 6.46. The van der Waals surface area contributed by atoms with E-state index in [0.717, 1.165) is 0 Å². The van der Waals surface area contributed by atoms with Gasteiger partial charge in [0.25, 0.3) is 11.7 Å². The van der Waals surface area contributed by atoms with Gasteiger partial charge in [0, 0.05) is 18.7 Å². The standard InChI is InChI=1S/C25H30N2O7/c1-26(2)10-11-27-21(16-13-18(32-4)24(34-6)19(14-16)33-5)20(23(29)25(27)30)22(28)15-8-7-9-17(12-15)31-3/h7-9,12-14,21,28H,10-11H2,1-6H3/b22-20+/t21-/m1/s1. The molecule has 182 valence electrons. The number of nitrogens with zero attached hydrogens (tertiary/aromatic N) is 2. The van der Waals surface area contributed by atoms with E-state index in [1.54, 1.807) is 36.4 Å². The fraction of sp³-hybridized carbons (Fsp3) is 0.360. The highest BCUT2D eigenvalue weighted by Gasteiger charge is 2.46. The van der Waals surface area contributed by atoms with Crippen LogP contribution in [0.25, 0.3) is 5.76 Å². The topological polar surface area (TPSA) is 97.8 Å². The second-order valence-electron chi connectivity index (χ2n) is 7.99. The van der Waals surface area contributed by atoms with Crippen LogP contribution in [0.15, 0.2) is 42.0 Å². The summed E-state index contributed by atoms with van der Waals surface area (Å²) in [6.07, 6.45) is 0. The summed E-state index contributed by atoms with van der Waals surface area (Å²) in [4.78, 5) is 29.7. The van der Waals surface area contributed by atoms with Gasteiger partial charge in [-0.1, -0.05) is 12.1 Å². The van der Waals surface area contributed by atoms with E-state index in [1.807, 2.05) is 19.0 Å². The summed E-state index contributed by atoms with van der Waals surface area (Å²) in [5.41, 5.74) is 0.880. The number of amides is 1. The number of likely N-dealkylation sites (N-methyl/N-ethyl adjacent to an activating group) is 1. The molecule has 1 N–H and O–H groups in total. The second-order valence-corrected chi connectivity index (χ2v) is 7.99. The van der Waals surface area contributed by atoms with Crippen LogP contribution in [0.2, 0.25) is 0 Å². The minimum absolute atomic E-state index is 0.0220. The molecule has 9 nitrogen and oxygen atoms in total. The Balaban J connectivity index is 2.26. The van der Waals surface area contributed by atoms with Crippen molar-refractivity contribution in [2.24, 2.45) is 0 Å². The summed E-state index contributed by atoms with van der Waals surface area (Å²) in [7, 11) is 9.73. The third-order valence-corrected chi connectivity index (χ3v) is 5.67. The van der Waals surface area contributed by atoms with Crippen molar-refractivity contribution in [2.45, 2.75) is 6.04 Å². The monoisotopic (exact) mass is 470 g/mol. The lowest BCUT2D eigenvalue weighted by atomic mass is 9.94. The molecule has 0 aliphatic carbocycles. The minimum Gasteiger partial charge on any atom is -0.507 e. The van der Waals surface area contributed by atoms with Crippen LogP contribution in [0.3, 0.4) is 0 Å². The lowest BCUT2D eigenvalue weighted by Gasteiger charge is -2.27. The molecule has 2 aromatic carbocycles. The van der Waals surface area contributed by atoms with E-state index in [2.05, 4.69) is 0 Å². The molecule has 0 saturated carbocycles. The first-order valence-corrected chi connectivity index (χ1v) is 10.6. The summed E-state index contributed by atoms with van der Waals surface area (Å²) < 4.78 is 21.6. The first-order valence-electron chi connectivity index (χ1n) is 10.6. The molecule has 2 aromatic rings. The van der Waals surface area contributed by atoms with Gasteiger partial charge in [0.2, 0.25) is 5.75 Å². The molecule has 1 aliphatic heterocycles. The van der Waals surface area contributed by atoms with E-state index >= 15 is 0 Å². The Kier molecular flexibility index (Phi) is 7.68. The van der Waals surface area contributed by atoms with Crippen molar-refractivity contribution in [3.8, 4) is 23.0 Å². The summed E-state index contributed by atoms with van der Waals surface area (Å²) >= 11 is 0. The maximum atomic E-state index is 13.2. The van der Waals surface area contributed by atoms with Crippen LogP contribution >= 0.6 is 0 Å². The van der Waals surface area contributed by atoms with Crippen LogP contribution in [-0.2, 0) is 9.59 Å². The van der Waals surface area contributed by atoms with Gasteiger partial charge < -0.3 is 33.9 Å². The average molecular weight is 471 g/mol. The van der Waals surface area contributed by atoms with Crippen LogP contribution in [-0.4, -0.2) is 82.2 Å². The molecule has 0 bridgehead atoms. The van der Waals surface area contributed by atoms with Crippen molar-refractivity contribution in [3.63, 3.8) is 0 Å². The fourth-order valence-corrected chi connectivity index (χ4v) is 3.95. The highest BCUT2D eigenvalue weighted by atomic mass is 16.5. The number of Topliss-reactive ketones (excluding diaryl/α,β-unsaturated/α-hetero) is 1. The van der Waals surface area contributed by atoms with Crippen LogP contribution in [0.5, 0.6) is 23.0 Å². The number of likely N-dealkylation sites (tertiary alicyclic amines) is 1. The quantitative estimate of drug-likeness (QED) is 0.339. The Hall–Kier alpha value is -3.72. The van der Waals surface area contributed by atoms with Gasteiger partial charge in [-0.15, -0.1) is 0 Å². The SMILES string of the molecule is COc1cccc(/C(O)=C2\C(=O)C(=O)N(CCN(C)C)[C@@H]2c2cc(OC)c(OC)c(OC)c2)c1. The van der Waals surface area contributed by atoms with Crippen molar-refractivity contribution in [3.05, 3.63) is 53.1 Å². The molecule has 1 amide bonds. The van der Waals surface area contributed by atoms with Gasteiger partial charge in [-0.05, 0) is 43.9 Å². The van der Waals surface area contributed by atoms with Gasteiger partial charge in [0.1, 0.15) is 11.5 Å². The molecule has 0 aromatic heterocycles. The Morgan fingerprint density at radius 1 is 0.971 bits per heavy atom. The molecule has 1 heterocycles. The number of carbonyl (C=O) groups excluding carboxylic acids is 2. The normalized spacial score (nSPS) is 17.3. The van der Waals surface area contributed by atoms with Crippen molar-refractivity contribution in [1.82, 2.24) is 9.80 Å². The Bertz CT molecular complexity index is 1090. The maximum absolute atomic E-state index is 13.2. The summed E-state index contributed by atoms with van der Waals surface area (Å²) in [6, 6.07) is 9.18. The lowest BCUT2D eigenvalue weighted by Crippen LogP contribution is -2.35. The molecule has 1 aliphatic rings. The van der Waals surface area contributed by atoms with Gasteiger partial charge >= 0.3 is 0 Å². The smallest absolute Gasteiger partial charge is 0.295 e. The zero-order valence-corrected chi connectivity index (χ0v) is 20.2. The average Bonchev–Trinajstić information content (AvgIpc) is 3.10. The molecular formula is C25H30N2O7. The van der Waals surface area contributed by atoms with Crippen molar-refractivity contribution < 1.29 is 33.6 Å². The Morgan fingerprint density at radius 2 is 1.62 bits per heavy atom. The van der Waals surface area contributed by atoms with E-state index in [9.17, 15) is 14.7 Å². The number of hydrogen-bond donors (Lipinski definition) is 1. The first kappa shape index (κ1) is 24.9. The van der Waals surface area contributed by atoms with E-state index in [0.29, 0.717) is 40.7 Å². The number of aliphatic hydroxyl groups excluding tert-OH is 1. The number of hydrogen-bond acceptors (Lipinski definition) is 8. The van der Waals surface area contributed by atoms with E-state index in [1.165, 1.54) is 33.3 Å². The van der Waals surface area contributed by atoms with Crippen LogP contribution < -0.4 is 18.9 Å². The van der Waals surface area contributed by atoms with E-state index < -0.39 is 17.7 Å². The highest BCUT2D eigenvalue weighted by Crippen LogP contribution is 2.45. The van der Waals surface area contributed by atoms with Crippen LogP contribution in [0, 0.1) is 0 Å². The number of carbonyl (C=O) groups is 2. The van der Waals surface area contributed by atoms with Gasteiger partial charge in [-0.25, -0.2) is 0 Å². The van der Waals surface area contributed by atoms with Gasteiger partial charge in [0.05, 0.1) is 40.1 Å². The van der Waals surface area contributed by atoms with Gasteiger partial charge in [-0.2, -0.15) is 0 Å². The molecular weight excluding hydrogens is 440 g/mol. The number of benzene rings is 2. The predicted molar refractivity (Wildman–Crippen MR) is 127 cm³/mol. The molecule has 34 heavy (non-hydrogen) atoms. The van der Waals surface area contributed by atoms with Gasteiger partial charge in [0.15, 0.2) is 11.5 Å². The van der Waals surface area contributed by atoms with Gasteiger partial charge in [-0.3, -0.25) is 9.59 Å². The summed E-state index contributed by atoms with van der Waals surface area (Å²) in [6.45, 7) is 0.793. The van der Waals surface area contributed by atoms with Crippen molar-refractivity contribution in [2.75, 3.05) is 55.6 Å². The van der Waals surface area contributed by atoms with Crippen molar-refractivity contribution >= 4 is 17.4 Å². The van der Waals surface area contributed by atoms with Crippen molar-refractivity contribution in [1.29, 1.82) is 0 Å². The fourth-order valence-electron chi connectivity index (χ4n) is 3.95. The van der Waals surface area contributed by atoms with Crippen LogP contribution in [0.4, 0.5) is 0 Å². The van der Waals surface area contributed by atoms with E-state index in [4.69, 9.17) is 18.9 Å². The zero-order chi connectivity index (χ0) is 25.0. The molecule has 0 radical (unpaired) electrons. The number of ketones is 1. The predicted octanol–water partition coefficient (Wildman–Crippen LogP) is 2.70. The molecule has 0 spiro atoms. The van der Waals surface area contributed by atoms with E-state index in [-0.39, 0.29) is 17.9 Å². The molecule has 1 atom stereocenters. The molecule has 1 fully saturated rings. The Labute approximate surface area is 199 Å². The molecule has 9 heteroatoms. The van der Waals surface area contributed by atoms with Crippen LogP contribution in [0.1, 0.15) is 17.2 Å². The number of methoxy groups -OCH3 is 4. The minimum atomic E-state index is -0.861. The first-order chi connectivity index (χ1) is 16.3. The molecule has 3 rings (SSSR count). The Morgan fingerprint density at radius 3 is 2.15 bits per heavy atom. The lowest BCUT2D eigenvalue weighted by molar-refractivity contribution is -0.140. The number of aliphatic hydroxyl groups is 1. The number of rotatable bonds is 9. The maximum Gasteiger partial charge on any atom is 0.295 e. The summed E-state index contributed by atoms with van der Waals surface area (Å²) in [5.74, 6) is -0.110. The summed E-state index contributed by atoms with van der Waals surface area (Å²) in [5, 5.41) is 11.2. The zero-order valence-electron chi connectivity index (χ0n) is 20.2. The third kappa shape index (κ3) is 4.65. The number of ether oxygens (including phenoxy) is 4. The second kappa shape index (κ2) is 10.5. The largest absolute Gasteiger partial charge is 0.507 e.